The Morgan fingerprint density at radius 1 is 1.62 bits per heavy atom. The summed E-state index contributed by atoms with van der Waals surface area (Å²) in [5.74, 6) is 0. The second kappa shape index (κ2) is 4.81. The molecule has 0 saturated carbocycles. The third-order valence-corrected chi connectivity index (χ3v) is 2.26. The van der Waals surface area contributed by atoms with Crippen LogP contribution in [0.25, 0.3) is 0 Å². The number of hydrogen-bond acceptors (Lipinski definition) is 3. The monoisotopic (exact) mass is 199 g/mol. The van der Waals surface area contributed by atoms with Gasteiger partial charge in [-0.05, 0) is 13.8 Å². The van der Waals surface area contributed by atoms with E-state index in [0.717, 1.165) is 10.7 Å². The first-order chi connectivity index (χ1) is 6.22. The molecule has 0 aromatic carbocycles. The zero-order valence-corrected chi connectivity index (χ0v) is 8.57. The van der Waals surface area contributed by atoms with Gasteiger partial charge >= 0.3 is 6.03 Å². The normalized spacial score (nSPS) is 9.69. The topological polar surface area (TPSA) is 54.0 Å². The van der Waals surface area contributed by atoms with Crippen LogP contribution in [0.1, 0.15) is 17.6 Å². The minimum atomic E-state index is -0.145. The number of thiazole rings is 1. The van der Waals surface area contributed by atoms with E-state index in [1.807, 2.05) is 19.2 Å². The Balaban J connectivity index is 2.30. The van der Waals surface area contributed by atoms with Crippen molar-refractivity contribution < 1.29 is 4.79 Å². The van der Waals surface area contributed by atoms with Crippen LogP contribution < -0.4 is 10.6 Å². The fourth-order valence-electron chi connectivity index (χ4n) is 0.883. The Hall–Kier alpha value is -1.10. The maximum Gasteiger partial charge on any atom is 0.315 e. The van der Waals surface area contributed by atoms with E-state index in [1.165, 1.54) is 0 Å². The second-order valence-corrected chi connectivity index (χ2v) is 3.63. The molecule has 0 saturated heterocycles. The average Bonchev–Trinajstić information content (AvgIpc) is 2.49. The Kier molecular flexibility index (Phi) is 3.70. The molecule has 0 atom stereocenters. The van der Waals surface area contributed by atoms with Crippen LogP contribution in [-0.2, 0) is 6.54 Å². The Labute approximate surface area is 81.4 Å². The van der Waals surface area contributed by atoms with E-state index in [-0.39, 0.29) is 6.03 Å². The summed E-state index contributed by atoms with van der Waals surface area (Å²) in [5, 5.41) is 8.32. The highest BCUT2D eigenvalue weighted by Crippen LogP contribution is 2.06. The standard InChI is InChI=1S/C8H13N3OS/c1-3-9-8(12)10-4-7-5-13-6(2)11-7/h5H,3-4H2,1-2H3,(H2,9,10,12). The smallest absolute Gasteiger partial charge is 0.315 e. The van der Waals surface area contributed by atoms with Crippen LogP contribution in [0.3, 0.4) is 0 Å². The summed E-state index contributed by atoms with van der Waals surface area (Å²) in [6.07, 6.45) is 0. The van der Waals surface area contributed by atoms with E-state index in [9.17, 15) is 4.79 Å². The van der Waals surface area contributed by atoms with Crippen molar-refractivity contribution in [2.24, 2.45) is 0 Å². The van der Waals surface area contributed by atoms with E-state index in [0.29, 0.717) is 13.1 Å². The molecule has 1 heterocycles. The predicted molar refractivity (Wildman–Crippen MR) is 52.8 cm³/mol. The van der Waals surface area contributed by atoms with Gasteiger partial charge in [-0.25, -0.2) is 9.78 Å². The lowest BCUT2D eigenvalue weighted by Gasteiger charge is -2.02. The number of carbonyl (C=O) groups is 1. The molecule has 2 N–H and O–H groups in total. The minimum Gasteiger partial charge on any atom is -0.338 e. The number of urea groups is 1. The van der Waals surface area contributed by atoms with Crippen molar-refractivity contribution in [1.29, 1.82) is 0 Å². The second-order valence-electron chi connectivity index (χ2n) is 2.57. The van der Waals surface area contributed by atoms with Gasteiger partial charge in [0, 0.05) is 11.9 Å². The molecular weight excluding hydrogens is 186 g/mol. The van der Waals surface area contributed by atoms with Crippen LogP contribution in [-0.4, -0.2) is 17.6 Å². The van der Waals surface area contributed by atoms with Gasteiger partial charge in [0.15, 0.2) is 0 Å². The first-order valence-corrected chi connectivity index (χ1v) is 5.03. The lowest BCUT2D eigenvalue weighted by Crippen LogP contribution is -2.34. The minimum absolute atomic E-state index is 0.145. The number of aromatic nitrogens is 1. The van der Waals surface area contributed by atoms with Gasteiger partial charge < -0.3 is 10.6 Å². The highest BCUT2D eigenvalue weighted by Gasteiger charge is 2.00. The van der Waals surface area contributed by atoms with Crippen molar-refractivity contribution >= 4 is 17.4 Å². The fourth-order valence-corrected chi connectivity index (χ4v) is 1.50. The molecule has 13 heavy (non-hydrogen) atoms. The van der Waals surface area contributed by atoms with Crippen molar-refractivity contribution in [3.8, 4) is 0 Å². The van der Waals surface area contributed by atoms with Crippen LogP contribution in [0.5, 0.6) is 0 Å². The van der Waals surface area contributed by atoms with Gasteiger partial charge in [-0.1, -0.05) is 0 Å². The van der Waals surface area contributed by atoms with Gasteiger partial charge in [0.1, 0.15) is 0 Å². The molecule has 5 heteroatoms. The number of rotatable bonds is 3. The van der Waals surface area contributed by atoms with Gasteiger partial charge in [-0.15, -0.1) is 11.3 Å². The Morgan fingerprint density at radius 2 is 2.38 bits per heavy atom. The lowest BCUT2D eigenvalue weighted by atomic mass is 10.5. The van der Waals surface area contributed by atoms with Crippen LogP contribution >= 0.6 is 11.3 Å². The number of nitrogens with zero attached hydrogens (tertiary/aromatic N) is 1. The van der Waals surface area contributed by atoms with Gasteiger partial charge in [0.25, 0.3) is 0 Å². The molecule has 2 amide bonds. The summed E-state index contributed by atoms with van der Waals surface area (Å²) < 4.78 is 0. The molecule has 0 spiro atoms. The number of nitrogens with one attached hydrogen (secondary N) is 2. The molecule has 0 bridgehead atoms. The Bertz CT molecular complexity index is 285. The zero-order valence-electron chi connectivity index (χ0n) is 7.76. The maximum atomic E-state index is 11.0. The largest absolute Gasteiger partial charge is 0.338 e. The molecule has 0 aliphatic heterocycles. The maximum absolute atomic E-state index is 11.0. The third-order valence-electron chi connectivity index (χ3n) is 1.43. The van der Waals surface area contributed by atoms with Crippen LogP contribution in [0, 0.1) is 6.92 Å². The third kappa shape index (κ3) is 3.42. The highest BCUT2D eigenvalue weighted by atomic mass is 32.1. The first-order valence-electron chi connectivity index (χ1n) is 4.15. The molecule has 0 fully saturated rings. The molecular formula is C8H13N3OS. The summed E-state index contributed by atoms with van der Waals surface area (Å²) in [4.78, 5) is 15.2. The van der Waals surface area contributed by atoms with Crippen molar-refractivity contribution in [3.63, 3.8) is 0 Å². The van der Waals surface area contributed by atoms with Gasteiger partial charge in [-0.3, -0.25) is 0 Å². The summed E-state index contributed by atoms with van der Waals surface area (Å²) >= 11 is 1.59. The molecule has 72 valence electrons. The average molecular weight is 199 g/mol. The lowest BCUT2D eigenvalue weighted by molar-refractivity contribution is 0.241. The van der Waals surface area contributed by atoms with E-state index >= 15 is 0 Å². The van der Waals surface area contributed by atoms with Crippen molar-refractivity contribution in [2.45, 2.75) is 20.4 Å². The fraction of sp³-hybridized carbons (Fsp3) is 0.500. The molecule has 0 aliphatic rings. The van der Waals surface area contributed by atoms with E-state index in [2.05, 4.69) is 15.6 Å². The molecule has 1 aromatic heterocycles. The number of carbonyl (C=O) groups excluding carboxylic acids is 1. The summed E-state index contributed by atoms with van der Waals surface area (Å²) in [5.41, 5.74) is 0.911. The predicted octanol–water partition coefficient (Wildman–Crippen LogP) is 1.27. The molecule has 1 aromatic rings. The molecule has 0 radical (unpaired) electrons. The SMILES string of the molecule is CCNC(=O)NCc1csc(C)n1. The van der Waals surface area contributed by atoms with Gasteiger partial charge in [-0.2, -0.15) is 0 Å². The number of aryl methyl sites for hydroxylation is 1. The highest BCUT2D eigenvalue weighted by molar-refractivity contribution is 7.09. The molecule has 1 rings (SSSR count). The van der Waals surface area contributed by atoms with Crippen LogP contribution in [0.4, 0.5) is 4.79 Å². The summed E-state index contributed by atoms with van der Waals surface area (Å²) in [6, 6.07) is -0.145. The van der Waals surface area contributed by atoms with E-state index in [1.54, 1.807) is 11.3 Å². The number of hydrogen-bond donors (Lipinski definition) is 2. The van der Waals surface area contributed by atoms with Crippen molar-refractivity contribution in [2.75, 3.05) is 6.54 Å². The van der Waals surface area contributed by atoms with E-state index in [4.69, 9.17) is 0 Å². The summed E-state index contributed by atoms with van der Waals surface area (Å²) in [6.45, 7) is 4.96. The van der Waals surface area contributed by atoms with Crippen LogP contribution in [0.2, 0.25) is 0 Å². The van der Waals surface area contributed by atoms with Gasteiger partial charge in [0.05, 0.1) is 17.2 Å². The van der Waals surface area contributed by atoms with E-state index < -0.39 is 0 Å². The Morgan fingerprint density at radius 3 is 2.92 bits per heavy atom. The zero-order chi connectivity index (χ0) is 9.68. The first kappa shape index (κ1) is 9.98. The quantitative estimate of drug-likeness (QED) is 0.770. The molecule has 0 aliphatic carbocycles. The number of amides is 2. The van der Waals surface area contributed by atoms with Crippen molar-refractivity contribution in [1.82, 2.24) is 15.6 Å². The van der Waals surface area contributed by atoms with Crippen molar-refractivity contribution in [3.05, 3.63) is 16.1 Å². The van der Waals surface area contributed by atoms with Gasteiger partial charge in [0.2, 0.25) is 0 Å². The van der Waals surface area contributed by atoms with Crippen LogP contribution in [0.15, 0.2) is 5.38 Å². The molecule has 0 unspecified atom stereocenters. The summed E-state index contributed by atoms with van der Waals surface area (Å²) in [7, 11) is 0. The molecule has 4 nitrogen and oxygen atoms in total.